The minimum Gasteiger partial charge on any atom is -1.00 e. The van der Waals surface area contributed by atoms with Crippen molar-refractivity contribution in [1.82, 2.24) is 21.3 Å². The molecule has 1 unspecified atom stereocenters. The first-order valence-electron chi connectivity index (χ1n) is 45.9. The van der Waals surface area contributed by atoms with Crippen LogP contribution < -0.4 is 79.5 Å². The van der Waals surface area contributed by atoms with E-state index in [9.17, 15) is 28.8 Å². The van der Waals surface area contributed by atoms with Crippen molar-refractivity contribution in [2.75, 3.05) is 45.8 Å². The molecule has 14 aromatic carbocycles. The Bertz CT molecular complexity index is 5410. The van der Waals surface area contributed by atoms with Crippen LogP contribution in [0.3, 0.4) is 0 Å². The van der Waals surface area contributed by atoms with Gasteiger partial charge in [-0.3, -0.25) is 19.2 Å². The maximum absolute atomic E-state index is 13.1. The van der Waals surface area contributed by atoms with Gasteiger partial charge in [-0.25, -0.2) is 9.59 Å². The second-order valence-corrected chi connectivity index (χ2v) is 32.9. The van der Waals surface area contributed by atoms with E-state index in [1.165, 1.54) is 0 Å². The summed E-state index contributed by atoms with van der Waals surface area (Å²) in [5, 5.41) is 11.6. The highest BCUT2D eigenvalue weighted by Crippen LogP contribution is 2.35. The predicted molar refractivity (Wildman–Crippen MR) is 539 cm³/mol. The smallest absolute Gasteiger partial charge is 0.407 e. The highest BCUT2D eigenvalue weighted by atomic mass is 35.5. The van der Waals surface area contributed by atoms with Crippen LogP contribution in [0.2, 0.25) is 0 Å². The molecule has 4 amide bonds. The molecule has 135 heavy (non-hydrogen) atoms. The van der Waals surface area contributed by atoms with Crippen LogP contribution in [0.5, 0.6) is 5.75 Å². The maximum Gasteiger partial charge on any atom is 0.407 e. The van der Waals surface area contributed by atoms with Gasteiger partial charge in [-0.15, -0.1) is 0 Å². The van der Waals surface area contributed by atoms with Crippen LogP contribution in [0, 0.1) is 11.8 Å². The third kappa shape index (κ3) is 37.9. The van der Waals surface area contributed by atoms with Gasteiger partial charge in [0.1, 0.15) is 31.5 Å². The van der Waals surface area contributed by atoms with E-state index in [1.807, 2.05) is 279 Å². The summed E-state index contributed by atoms with van der Waals surface area (Å²) in [4.78, 5) is 72.8. The Balaban J connectivity index is 0.000000211. The van der Waals surface area contributed by atoms with Crippen LogP contribution in [-0.2, 0) is 27.5 Å². The van der Waals surface area contributed by atoms with Crippen LogP contribution in [0.1, 0.15) is 120 Å². The fourth-order valence-electron chi connectivity index (χ4n) is 14.7. The van der Waals surface area contributed by atoms with E-state index >= 15 is 0 Å². The van der Waals surface area contributed by atoms with Gasteiger partial charge in [-0.1, -0.05) is 317 Å². The van der Waals surface area contributed by atoms with Gasteiger partial charge in [0.05, 0.1) is 0 Å². The number of nitrogens with one attached hydrogen (secondary N) is 4. The van der Waals surface area contributed by atoms with Gasteiger partial charge >= 0.3 is 12.2 Å². The highest BCUT2D eigenvalue weighted by molar-refractivity contribution is 6.00. The standard InChI is InChI=1S/C33H34N2O3.C25H28N2O.C24H27N3O.C19H14O2.C14H22N2O2.2ClH/c1-25(23-35-33(37)38-24-26-13-5-2-6-14-26)12-11-19-34-32(36)31-21-29(27-15-7-3-8-16-27)20-30(22-31)28-17-9-4-10-18-28;26-18-24(27)13-7-8-14-25(28)23-16-21(19-9-3-1-4-10-19)15-22(17-23)20-11-5-2-6-12-20;25-17-23(26)12-7-13-27-24(28)22-15-20(18-8-3-1-4-9-18)14-21(16-22)19-10-5-2-6-11-19;20-14-21-19-12-17(15-7-3-1-4-8-15)11-18(13-19)16-9-5-2-6-10-16;1-12(6-5-9-15)10-16-14(17)18-11-13-7-3-2-4-8-13;;/h2-10,13-18,20-22,25H,11-12,19,23-24H2,1H3,(H,34,36)(H,35,37);1-6,9-12,15-17,24H,7-8,13-14,18,26-27H2;1-6,8-11,14-16,23H,7,12-13,17,25-26H2,(H,27,28);1-14H;2-4,7-8,12H,5-6,9-11,15H2,1H3,(H,16,17);2*1H/t25-;;23-;;12-;;/m0.0.0../s1. The molecule has 0 aliphatic heterocycles. The van der Waals surface area contributed by atoms with E-state index in [0.717, 1.165) is 170 Å². The molecular formula is C115H127Cl2N9O9. The fraction of sp³-hybridized carbons (Fsp3) is 0.217. The molecule has 0 bridgehead atoms. The van der Waals surface area contributed by atoms with E-state index in [2.05, 4.69) is 144 Å². The number of carbonyl (C=O) groups is 6. The predicted octanol–water partition coefficient (Wildman–Crippen LogP) is 15.4. The van der Waals surface area contributed by atoms with Crippen molar-refractivity contribution in [2.45, 2.75) is 103 Å². The molecule has 4 atom stereocenters. The molecule has 0 heterocycles. The number of quaternary nitrogens is 2. The number of benzene rings is 14. The molecule has 14 aromatic rings. The lowest BCUT2D eigenvalue weighted by molar-refractivity contribution is -0.494. The highest BCUT2D eigenvalue weighted by Gasteiger charge is 2.18. The summed E-state index contributed by atoms with van der Waals surface area (Å²) in [6.07, 6.45) is 8.09. The van der Waals surface area contributed by atoms with Gasteiger partial charge < -0.3 is 89.0 Å². The topological polar surface area (TPSA) is 312 Å². The number of Topliss-reactive ketones (excluding diaryl/α,β-unsaturated/α-hetero) is 1. The first kappa shape index (κ1) is 106. The first-order chi connectivity index (χ1) is 65.0. The number of unbranched alkanes of at least 4 members (excludes halogenated alkanes) is 1. The van der Waals surface area contributed by atoms with Crippen molar-refractivity contribution in [2.24, 2.45) is 29.0 Å². The maximum atomic E-state index is 13.1. The summed E-state index contributed by atoms with van der Waals surface area (Å²) in [6.45, 7) is 9.52. The van der Waals surface area contributed by atoms with Gasteiger partial charge in [-0.05, 0) is 243 Å². The van der Waals surface area contributed by atoms with Gasteiger partial charge in [-0.2, -0.15) is 0 Å². The Morgan fingerprint density at radius 2 is 0.622 bits per heavy atom. The summed E-state index contributed by atoms with van der Waals surface area (Å²) in [7, 11) is 0. The number of hydrogen-bond acceptors (Lipinski definition) is 12. The number of hydrogen-bond donors (Lipinski definition) is 9. The lowest BCUT2D eigenvalue weighted by Crippen LogP contribution is -3.00. The van der Waals surface area contributed by atoms with Gasteiger partial charge in [0.15, 0.2) is 5.78 Å². The number of carbonyl (C=O) groups excluding carboxylic acids is 6. The molecular weight excluding hydrogens is 1720 g/mol. The average molecular weight is 1850 g/mol. The molecule has 0 fully saturated rings. The molecule has 14 rings (SSSR count). The fourth-order valence-corrected chi connectivity index (χ4v) is 14.7. The van der Waals surface area contributed by atoms with Crippen molar-refractivity contribution in [3.8, 4) is 94.8 Å². The van der Waals surface area contributed by atoms with Crippen LogP contribution in [-0.4, -0.2) is 94.2 Å². The van der Waals surface area contributed by atoms with Crippen molar-refractivity contribution >= 4 is 36.3 Å². The summed E-state index contributed by atoms with van der Waals surface area (Å²) >= 11 is 0. The largest absolute Gasteiger partial charge is 1.00 e. The molecule has 700 valence electrons. The number of rotatable bonds is 39. The first-order valence-corrected chi connectivity index (χ1v) is 45.9. The van der Waals surface area contributed by atoms with Crippen LogP contribution in [0.4, 0.5) is 9.59 Å². The normalized spacial score (nSPS) is 11.3. The third-order valence-electron chi connectivity index (χ3n) is 22.3. The van der Waals surface area contributed by atoms with Crippen LogP contribution in [0.15, 0.2) is 376 Å². The number of ketones is 1. The average Bonchev–Trinajstić information content (AvgIpc) is 0.829. The second-order valence-electron chi connectivity index (χ2n) is 32.9. The molecule has 16 N–H and O–H groups in total. The van der Waals surface area contributed by atoms with E-state index in [-0.39, 0.29) is 67.1 Å². The number of alkyl carbamates (subject to hydrolysis) is 2. The molecule has 0 spiro atoms. The minimum atomic E-state index is -0.415. The quantitative estimate of drug-likeness (QED) is 0.00987. The molecule has 18 nitrogen and oxygen atoms in total. The molecule has 20 heteroatoms. The van der Waals surface area contributed by atoms with E-state index in [1.54, 1.807) is 0 Å². The van der Waals surface area contributed by atoms with E-state index in [0.29, 0.717) is 87.6 Å². The Kier molecular flexibility index (Phi) is 47.5. The zero-order chi connectivity index (χ0) is 93.8. The van der Waals surface area contributed by atoms with Crippen LogP contribution >= 0.6 is 0 Å². The minimum absolute atomic E-state index is 0. The van der Waals surface area contributed by atoms with Crippen molar-refractivity contribution < 1.29 is 79.3 Å². The lowest BCUT2D eigenvalue weighted by Gasteiger charge is -2.14. The molecule has 0 saturated carbocycles. The Morgan fingerprint density at radius 1 is 0.341 bits per heavy atom. The van der Waals surface area contributed by atoms with Crippen molar-refractivity contribution in [3.63, 3.8) is 0 Å². The lowest BCUT2D eigenvalue weighted by atomic mass is 9.93. The van der Waals surface area contributed by atoms with E-state index < -0.39 is 6.09 Å². The van der Waals surface area contributed by atoms with Crippen molar-refractivity contribution in [1.29, 1.82) is 0 Å². The Morgan fingerprint density at radius 3 is 0.911 bits per heavy atom. The third-order valence-corrected chi connectivity index (χ3v) is 22.3. The van der Waals surface area contributed by atoms with E-state index in [4.69, 9.17) is 31.4 Å². The monoisotopic (exact) mass is 1850 g/mol. The zero-order valence-electron chi connectivity index (χ0n) is 77.2. The van der Waals surface area contributed by atoms with Gasteiger partial charge in [0.2, 0.25) is 0 Å². The molecule has 0 aliphatic rings. The number of ether oxygens (including phenoxy) is 3. The summed E-state index contributed by atoms with van der Waals surface area (Å²) in [5.74, 6) is 1.29. The SMILES string of the molecule is C[C@@H](CCCN)CNC(=O)OCc1ccccc1.C[C@@H](CCCNC(=O)c1cc(-c2ccccc2)cc(-c2ccccc2)c1)CNC(=O)OCc1ccccc1.NC[C@@H](N)CCCNC(=O)c1cc(-c2ccccc2)cc(-c2ccccc2)c1.O=COc1cc(-c2ccccc2)cc(-c2ccccc2)c1.[Cl-].[Cl-].[NH3+]CC([NH3+])CCCCC(=O)c1cc(-c2ccccc2)cc(-c2ccccc2)c1. The number of nitrogens with two attached hydrogens (primary N) is 3. The van der Waals surface area contributed by atoms with Gasteiger partial charge in [0, 0.05) is 68.3 Å². The second kappa shape index (κ2) is 60.3. The summed E-state index contributed by atoms with van der Waals surface area (Å²) in [6, 6.07) is 125. The molecule has 0 aliphatic carbocycles. The number of amides is 4. The van der Waals surface area contributed by atoms with Crippen LogP contribution in [0.25, 0.3) is 89.0 Å². The Hall–Kier alpha value is -13.9. The van der Waals surface area contributed by atoms with Crippen molar-refractivity contribution in [3.05, 3.63) is 404 Å². The molecule has 0 saturated heterocycles. The summed E-state index contributed by atoms with van der Waals surface area (Å²) in [5.41, 5.74) is 45.8. The Labute approximate surface area is 808 Å². The van der Waals surface area contributed by atoms with Gasteiger partial charge in [0.25, 0.3) is 18.3 Å². The molecule has 0 radical (unpaired) electrons. The number of halogens is 2. The summed E-state index contributed by atoms with van der Waals surface area (Å²) < 4.78 is 15.4. The molecule has 0 aromatic heterocycles. The zero-order valence-corrected chi connectivity index (χ0v) is 78.7.